The molecule has 0 amide bonds. The van der Waals surface area contributed by atoms with Gasteiger partial charge in [-0.1, -0.05) is 0 Å². The van der Waals surface area contributed by atoms with Gasteiger partial charge in [-0.2, -0.15) is 0 Å². The summed E-state index contributed by atoms with van der Waals surface area (Å²) in [5.74, 6) is 1.12. The van der Waals surface area contributed by atoms with E-state index in [2.05, 4.69) is 29.7 Å². The number of hydrogen-bond acceptors (Lipinski definition) is 3. The molecule has 19 heavy (non-hydrogen) atoms. The highest BCUT2D eigenvalue weighted by atomic mass is 16.3. The Morgan fingerprint density at radius 2 is 2.32 bits per heavy atom. The molecule has 2 aliphatic rings. The lowest BCUT2D eigenvalue weighted by Crippen LogP contribution is -2.57. The van der Waals surface area contributed by atoms with Gasteiger partial charge < -0.3 is 4.42 Å². The summed E-state index contributed by atoms with van der Waals surface area (Å²) in [6.45, 7) is 8.61. The van der Waals surface area contributed by atoms with Crippen molar-refractivity contribution >= 4 is 0 Å². The molecule has 0 aliphatic carbocycles. The fourth-order valence-corrected chi connectivity index (χ4v) is 3.80. The molecule has 0 bridgehead atoms. The smallest absolute Gasteiger partial charge is 0.103 e. The van der Waals surface area contributed by atoms with Gasteiger partial charge in [-0.25, -0.2) is 0 Å². The van der Waals surface area contributed by atoms with E-state index in [0.29, 0.717) is 12.1 Å². The molecule has 0 N–H and O–H groups in total. The highest BCUT2D eigenvalue weighted by Gasteiger charge is 2.35. The van der Waals surface area contributed by atoms with Crippen molar-refractivity contribution in [3.63, 3.8) is 0 Å². The number of hydrogen-bond donors (Lipinski definition) is 0. The van der Waals surface area contributed by atoms with Crippen LogP contribution in [0, 0.1) is 0 Å². The van der Waals surface area contributed by atoms with Crippen LogP contribution in [0.1, 0.15) is 38.9 Å². The van der Waals surface area contributed by atoms with E-state index in [1.807, 2.05) is 6.07 Å². The van der Waals surface area contributed by atoms with Crippen LogP contribution in [0.25, 0.3) is 0 Å². The van der Waals surface area contributed by atoms with Gasteiger partial charge in [0.2, 0.25) is 0 Å². The van der Waals surface area contributed by atoms with Gasteiger partial charge in [-0.15, -0.1) is 0 Å². The summed E-state index contributed by atoms with van der Waals surface area (Å²) in [4.78, 5) is 5.41. The lowest BCUT2D eigenvalue weighted by atomic mass is 10.0. The molecule has 106 valence electrons. The average Bonchev–Trinajstić information content (AvgIpc) is 3.05. The molecule has 0 radical (unpaired) electrons. The first-order chi connectivity index (χ1) is 9.24. The van der Waals surface area contributed by atoms with E-state index in [1.165, 1.54) is 38.9 Å². The van der Waals surface area contributed by atoms with Crippen molar-refractivity contribution in [3.8, 4) is 0 Å². The van der Waals surface area contributed by atoms with Crippen molar-refractivity contribution in [2.75, 3.05) is 19.6 Å². The predicted octanol–water partition coefficient (Wildman–Crippen LogP) is 2.77. The molecule has 0 spiro atoms. The Morgan fingerprint density at radius 1 is 1.42 bits per heavy atom. The minimum Gasteiger partial charge on any atom is -0.469 e. The van der Waals surface area contributed by atoms with Gasteiger partial charge in [-0.3, -0.25) is 9.80 Å². The van der Waals surface area contributed by atoms with Crippen LogP contribution in [-0.4, -0.2) is 47.6 Å². The molecule has 1 aromatic rings. The van der Waals surface area contributed by atoms with Crippen molar-refractivity contribution in [1.29, 1.82) is 0 Å². The minimum atomic E-state index is 0.655. The second-order valence-corrected chi connectivity index (χ2v) is 6.30. The number of furan rings is 1. The van der Waals surface area contributed by atoms with Crippen LogP contribution in [0.5, 0.6) is 0 Å². The Bertz CT molecular complexity index is 389. The number of fused-ring (bicyclic) bond motifs is 1. The van der Waals surface area contributed by atoms with Crippen molar-refractivity contribution in [2.45, 2.75) is 57.7 Å². The topological polar surface area (TPSA) is 19.6 Å². The lowest BCUT2D eigenvalue weighted by molar-refractivity contribution is 0.0304. The first kappa shape index (κ1) is 13.2. The standard InChI is InChI=1S/C16H26N2O/c1-13(7-8-16-6-4-10-19-16)18-12-15-5-3-9-17(15)11-14(18)2/h4,6,10,13-15H,3,5,7-9,11-12H2,1-2H3. The molecular formula is C16H26N2O. The van der Waals surface area contributed by atoms with E-state index in [1.54, 1.807) is 6.26 Å². The zero-order valence-electron chi connectivity index (χ0n) is 12.2. The second kappa shape index (κ2) is 5.68. The van der Waals surface area contributed by atoms with Crippen LogP contribution in [0.2, 0.25) is 0 Å². The Balaban J connectivity index is 1.55. The van der Waals surface area contributed by atoms with Gasteiger partial charge in [0.15, 0.2) is 0 Å². The van der Waals surface area contributed by atoms with Crippen LogP contribution in [0.3, 0.4) is 0 Å². The van der Waals surface area contributed by atoms with Gasteiger partial charge in [0.05, 0.1) is 6.26 Å². The van der Waals surface area contributed by atoms with Gasteiger partial charge >= 0.3 is 0 Å². The molecule has 3 rings (SSSR count). The minimum absolute atomic E-state index is 0.655. The van der Waals surface area contributed by atoms with E-state index in [0.717, 1.165) is 18.2 Å². The molecule has 3 heteroatoms. The zero-order chi connectivity index (χ0) is 13.2. The summed E-state index contributed by atoms with van der Waals surface area (Å²) >= 11 is 0. The Labute approximate surface area is 116 Å². The normalized spacial score (nSPS) is 30.4. The van der Waals surface area contributed by atoms with Gasteiger partial charge in [0.1, 0.15) is 5.76 Å². The van der Waals surface area contributed by atoms with E-state index >= 15 is 0 Å². The third kappa shape index (κ3) is 2.87. The third-order valence-electron chi connectivity index (χ3n) is 4.94. The largest absolute Gasteiger partial charge is 0.469 e. The number of rotatable bonds is 4. The summed E-state index contributed by atoms with van der Waals surface area (Å²) in [5, 5.41) is 0. The van der Waals surface area contributed by atoms with Crippen molar-refractivity contribution in [3.05, 3.63) is 24.2 Å². The quantitative estimate of drug-likeness (QED) is 0.832. The molecule has 0 aromatic carbocycles. The number of aryl methyl sites for hydroxylation is 1. The first-order valence-corrected chi connectivity index (χ1v) is 7.76. The average molecular weight is 262 g/mol. The fraction of sp³-hybridized carbons (Fsp3) is 0.750. The Morgan fingerprint density at radius 3 is 3.11 bits per heavy atom. The summed E-state index contributed by atoms with van der Waals surface area (Å²) in [5.41, 5.74) is 0. The van der Waals surface area contributed by atoms with E-state index < -0.39 is 0 Å². The molecule has 3 heterocycles. The maximum absolute atomic E-state index is 5.44. The molecule has 0 saturated carbocycles. The maximum Gasteiger partial charge on any atom is 0.103 e. The predicted molar refractivity (Wildman–Crippen MR) is 77.3 cm³/mol. The third-order valence-corrected chi connectivity index (χ3v) is 4.94. The van der Waals surface area contributed by atoms with Gasteiger partial charge in [-0.05, 0) is 51.8 Å². The highest BCUT2D eigenvalue weighted by Crippen LogP contribution is 2.26. The SMILES string of the molecule is CC(CCc1ccco1)N1CC2CCCN2CC1C. The fourth-order valence-electron chi connectivity index (χ4n) is 3.80. The molecule has 3 atom stereocenters. The van der Waals surface area contributed by atoms with Crippen molar-refractivity contribution < 1.29 is 4.42 Å². The van der Waals surface area contributed by atoms with Crippen LogP contribution < -0.4 is 0 Å². The van der Waals surface area contributed by atoms with Crippen LogP contribution in [0.4, 0.5) is 0 Å². The van der Waals surface area contributed by atoms with Gasteiger partial charge in [0, 0.05) is 37.6 Å². The molecule has 3 unspecified atom stereocenters. The summed E-state index contributed by atoms with van der Waals surface area (Å²) in [6, 6.07) is 6.25. The van der Waals surface area contributed by atoms with Crippen LogP contribution in [0.15, 0.2) is 22.8 Å². The second-order valence-electron chi connectivity index (χ2n) is 6.30. The molecule has 2 aliphatic heterocycles. The van der Waals surface area contributed by atoms with E-state index in [-0.39, 0.29) is 0 Å². The zero-order valence-corrected chi connectivity index (χ0v) is 12.2. The first-order valence-electron chi connectivity index (χ1n) is 7.76. The van der Waals surface area contributed by atoms with Crippen LogP contribution >= 0.6 is 0 Å². The summed E-state index contributed by atoms with van der Waals surface area (Å²) in [6.07, 6.45) is 6.83. The molecule has 2 fully saturated rings. The number of piperazine rings is 1. The maximum atomic E-state index is 5.44. The number of nitrogens with zero attached hydrogens (tertiary/aromatic N) is 2. The molecule has 2 saturated heterocycles. The van der Waals surface area contributed by atoms with E-state index in [9.17, 15) is 0 Å². The summed E-state index contributed by atoms with van der Waals surface area (Å²) in [7, 11) is 0. The van der Waals surface area contributed by atoms with Crippen LogP contribution in [-0.2, 0) is 6.42 Å². The lowest BCUT2D eigenvalue weighted by Gasteiger charge is -2.45. The van der Waals surface area contributed by atoms with E-state index in [4.69, 9.17) is 4.42 Å². The summed E-state index contributed by atoms with van der Waals surface area (Å²) < 4.78 is 5.44. The molecular weight excluding hydrogens is 236 g/mol. The monoisotopic (exact) mass is 262 g/mol. The molecule has 3 nitrogen and oxygen atoms in total. The van der Waals surface area contributed by atoms with Crippen molar-refractivity contribution in [2.24, 2.45) is 0 Å². The Kier molecular flexibility index (Phi) is 3.94. The highest BCUT2D eigenvalue weighted by molar-refractivity contribution is 4.99. The molecule has 1 aromatic heterocycles. The Hall–Kier alpha value is -0.800. The van der Waals surface area contributed by atoms with Crippen molar-refractivity contribution in [1.82, 2.24) is 9.80 Å². The van der Waals surface area contributed by atoms with Gasteiger partial charge in [0.25, 0.3) is 0 Å².